The van der Waals surface area contributed by atoms with Gasteiger partial charge < -0.3 is 0 Å². The highest BCUT2D eigenvalue weighted by molar-refractivity contribution is 8.68. The average Bonchev–Trinajstić information content (AvgIpc) is 1.41. The van der Waals surface area contributed by atoms with E-state index in [2.05, 4.69) is 11.7 Å². The van der Waals surface area contributed by atoms with Crippen molar-refractivity contribution in [2.45, 2.75) is 6.90 Å². The molecule has 0 aromatic heterocycles. The summed E-state index contributed by atoms with van der Waals surface area (Å²) in [5, 5.41) is 0. The molecular weight excluding hydrogens is 88.2 g/mol. The summed E-state index contributed by atoms with van der Waals surface area (Å²) in [4.78, 5) is 0. The summed E-state index contributed by atoms with van der Waals surface area (Å²) >= 11 is 3.80. The van der Waals surface area contributed by atoms with Crippen molar-refractivity contribution in [2.75, 3.05) is 5.75 Å². The van der Waals surface area contributed by atoms with Crippen molar-refractivity contribution >= 4 is 22.5 Å². The van der Waals surface area contributed by atoms with Crippen LogP contribution in [0.2, 0.25) is 0 Å². The zero-order valence-electron chi connectivity index (χ0n) is 3.27. The van der Waals surface area contributed by atoms with Crippen LogP contribution in [0.1, 0.15) is 8.27 Å². The van der Waals surface area contributed by atoms with Gasteiger partial charge in [-0.25, -0.2) is 0 Å². The van der Waals surface area contributed by atoms with Crippen molar-refractivity contribution in [3.05, 3.63) is 0 Å². The lowest BCUT2D eigenvalue weighted by Gasteiger charge is -1.68. The van der Waals surface area contributed by atoms with Gasteiger partial charge in [-0.05, 0) is 0 Å². The zero-order chi connectivity index (χ0) is 4.12. The third-order valence-corrected chi connectivity index (χ3v) is 0.822. The molecule has 0 rings (SSSR count). The second-order valence-corrected chi connectivity index (χ2v) is 1.77. The summed E-state index contributed by atoms with van der Waals surface area (Å²) in [6.07, 6.45) is 0. The average molecular weight is 95.2 g/mol. The van der Waals surface area contributed by atoms with Gasteiger partial charge >= 0.3 is 0 Å². The van der Waals surface area contributed by atoms with E-state index >= 15 is 0 Å². The molecule has 0 nitrogen and oxygen atoms in total. The predicted octanol–water partition coefficient (Wildman–Crippen LogP) is 1.58. The first-order valence-electron chi connectivity index (χ1n) is 1.68. The molecule has 0 aromatic rings. The van der Waals surface area contributed by atoms with Gasteiger partial charge in [0.05, 0.1) is 0 Å². The standard InChI is InChI=1S/C2H6S2/c1-2-4-3/h3H,2H2,1H3/i1D. The Morgan fingerprint density at radius 3 is 3.25 bits per heavy atom. The summed E-state index contributed by atoms with van der Waals surface area (Å²) in [7, 11) is 1.41. The van der Waals surface area contributed by atoms with Crippen LogP contribution in [0.5, 0.6) is 0 Å². The highest BCUT2D eigenvalue weighted by Crippen LogP contribution is 2.00. The summed E-state index contributed by atoms with van der Waals surface area (Å²) < 4.78 is 6.53. The van der Waals surface area contributed by atoms with E-state index < -0.39 is 0 Å². The monoisotopic (exact) mass is 95.0 g/mol. The van der Waals surface area contributed by atoms with Crippen LogP contribution in [0.25, 0.3) is 0 Å². The van der Waals surface area contributed by atoms with Crippen LogP contribution >= 0.6 is 22.5 Å². The van der Waals surface area contributed by atoms with Gasteiger partial charge in [0.15, 0.2) is 0 Å². The van der Waals surface area contributed by atoms with Crippen molar-refractivity contribution in [3.63, 3.8) is 0 Å². The van der Waals surface area contributed by atoms with E-state index in [1.54, 1.807) is 0 Å². The highest BCUT2D eigenvalue weighted by Gasteiger charge is 1.56. The lowest BCUT2D eigenvalue weighted by molar-refractivity contribution is 1.54. The van der Waals surface area contributed by atoms with Crippen LogP contribution in [0.15, 0.2) is 0 Å². The van der Waals surface area contributed by atoms with Crippen LogP contribution in [0, 0.1) is 0 Å². The minimum absolute atomic E-state index is 0.480. The van der Waals surface area contributed by atoms with Gasteiger partial charge in [-0.2, -0.15) is 0 Å². The van der Waals surface area contributed by atoms with Crippen LogP contribution in [-0.2, 0) is 0 Å². The molecule has 0 radical (unpaired) electrons. The Hall–Kier alpha value is 0.700. The van der Waals surface area contributed by atoms with Crippen molar-refractivity contribution in [1.82, 2.24) is 0 Å². The van der Waals surface area contributed by atoms with Crippen LogP contribution in [0.4, 0.5) is 0 Å². The van der Waals surface area contributed by atoms with Gasteiger partial charge in [0.25, 0.3) is 0 Å². The van der Waals surface area contributed by atoms with Crippen LogP contribution in [-0.4, -0.2) is 5.75 Å². The van der Waals surface area contributed by atoms with E-state index in [9.17, 15) is 0 Å². The van der Waals surface area contributed by atoms with Crippen molar-refractivity contribution in [2.24, 2.45) is 0 Å². The second kappa shape index (κ2) is 3.70. The van der Waals surface area contributed by atoms with E-state index in [1.807, 2.05) is 0 Å². The van der Waals surface area contributed by atoms with E-state index in [0.29, 0.717) is 6.90 Å². The molecular formula is C2H6S2. The van der Waals surface area contributed by atoms with E-state index in [0.717, 1.165) is 5.75 Å². The summed E-state index contributed by atoms with van der Waals surface area (Å²) in [6, 6.07) is 0. The number of hydrogen-bond acceptors (Lipinski definition) is 2. The van der Waals surface area contributed by atoms with Gasteiger partial charge in [-0.3, -0.25) is 0 Å². The summed E-state index contributed by atoms with van der Waals surface area (Å²) in [6.45, 7) is 0.480. The summed E-state index contributed by atoms with van der Waals surface area (Å²) in [5.41, 5.74) is 0. The fourth-order valence-corrected chi connectivity index (χ4v) is 0. The molecule has 0 aliphatic carbocycles. The first kappa shape index (κ1) is 2.91. The molecule has 0 bridgehead atoms. The maximum Gasteiger partial charge on any atom is 0.0239 e. The molecule has 2 heteroatoms. The van der Waals surface area contributed by atoms with Gasteiger partial charge in [0.2, 0.25) is 0 Å². The fourth-order valence-electron chi connectivity index (χ4n) is 0. The topological polar surface area (TPSA) is 0 Å². The molecule has 0 unspecified atom stereocenters. The molecule has 0 amide bonds. The fraction of sp³-hybridized carbons (Fsp3) is 1.00. The Morgan fingerprint density at radius 1 is 2.50 bits per heavy atom. The molecule has 0 fully saturated rings. The zero-order valence-corrected chi connectivity index (χ0v) is 3.98. The second-order valence-electron chi connectivity index (χ2n) is 0.333. The molecule has 0 heterocycles. The number of hydrogen-bond donors (Lipinski definition) is 1. The molecule has 0 saturated heterocycles. The Kier molecular flexibility index (Phi) is 2.69. The van der Waals surface area contributed by atoms with Crippen molar-refractivity contribution in [1.29, 1.82) is 0 Å². The smallest absolute Gasteiger partial charge is 0.0239 e. The molecule has 0 spiro atoms. The van der Waals surface area contributed by atoms with Crippen molar-refractivity contribution in [3.8, 4) is 0 Å². The van der Waals surface area contributed by atoms with E-state index in [-0.39, 0.29) is 0 Å². The van der Waals surface area contributed by atoms with E-state index in [4.69, 9.17) is 1.37 Å². The molecule has 26 valence electrons. The van der Waals surface area contributed by atoms with Crippen LogP contribution in [0.3, 0.4) is 0 Å². The Balaban J connectivity index is 2.19. The van der Waals surface area contributed by atoms with Gasteiger partial charge in [-0.15, -0.1) is 11.7 Å². The number of thiol groups is 1. The first-order valence-corrected chi connectivity index (χ1v) is 3.01. The quantitative estimate of drug-likeness (QED) is 0.381. The summed E-state index contributed by atoms with van der Waals surface area (Å²) in [5.74, 6) is 0.836. The third kappa shape index (κ3) is 2.70. The SMILES string of the molecule is [2H]CCSS. The molecule has 0 aliphatic rings. The van der Waals surface area contributed by atoms with Crippen molar-refractivity contribution < 1.29 is 1.37 Å². The Bertz CT molecular complexity index is 15.1. The number of rotatable bonds is 1. The highest BCUT2D eigenvalue weighted by atomic mass is 33.1. The maximum atomic E-state index is 6.53. The Labute approximate surface area is 37.2 Å². The molecule has 0 atom stereocenters. The Morgan fingerprint density at radius 2 is 3.25 bits per heavy atom. The van der Waals surface area contributed by atoms with Crippen LogP contribution < -0.4 is 0 Å². The largest absolute Gasteiger partial charge is 0.111 e. The molecule has 0 aromatic carbocycles. The maximum absolute atomic E-state index is 6.53. The minimum Gasteiger partial charge on any atom is -0.111 e. The lowest BCUT2D eigenvalue weighted by atomic mass is 11.0. The lowest BCUT2D eigenvalue weighted by Crippen LogP contribution is -1.45. The molecule has 4 heavy (non-hydrogen) atoms. The minimum atomic E-state index is 0.480. The van der Waals surface area contributed by atoms with Gasteiger partial charge in [0.1, 0.15) is 0 Å². The molecule has 0 aliphatic heterocycles. The predicted molar refractivity (Wildman–Crippen MR) is 27.1 cm³/mol. The first-order chi connectivity index (χ1) is 2.41. The van der Waals surface area contributed by atoms with E-state index in [1.165, 1.54) is 10.8 Å². The third-order valence-electron chi connectivity index (χ3n) is 0.0913. The van der Waals surface area contributed by atoms with Gasteiger partial charge in [-0.1, -0.05) is 17.7 Å². The van der Waals surface area contributed by atoms with Gasteiger partial charge in [0, 0.05) is 7.12 Å². The molecule has 0 saturated carbocycles. The molecule has 0 N–H and O–H groups in total. The normalized spacial score (nSPS) is 10.8.